The highest BCUT2D eigenvalue weighted by Crippen LogP contribution is 2.25. The predicted molar refractivity (Wildman–Crippen MR) is 91.2 cm³/mol. The summed E-state index contributed by atoms with van der Waals surface area (Å²) in [6.07, 6.45) is 0.802. The largest absolute Gasteiger partial charge is 0.385 e. The van der Waals surface area contributed by atoms with Gasteiger partial charge in [-0.3, -0.25) is 4.79 Å². The molecule has 1 rings (SSSR count). The fourth-order valence-corrected chi connectivity index (χ4v) is 4.12. The molecule has 0 spiro atoms. The van der Waals surface area contributed by atoms with E-state index in [1.54, 1.807) is 19.2 Å². The number of nitrogens with one attached hydrogen (secondary N) is 2. The lowest BCUT2D eigenvalue weighted by Crippen LogP contribution is -2.31. The maximum absolute atomic E-state index is 12.2. The van der Waals surface area contributed by atoms with E-state index >= 15 is 0 Å². The molecule has 1 aromatic rings. The number of hydrogen-bond donors (Lipinski definition) is 2. The van der Waals surface area contributed by atoms with E-state index in [1.807, 2.05) is 0 Å². The van der Waals surface area contributed by atoms with Gasteiger partial charge in [0.15, 0.2) is 0 Å². The third kappa shape index (κ3) is 6.74. The molecule has 0 unspecified atom stereocenters. The van der Waals surface area contributed by atoms with Crippen LogP contribution in [-0.2, 0) is 19.6 Å². The van der Waals surface area contributed by atoms with E-state index in [0.29, 0.717) is 22.1 Å². The Kier molecular flexibility index (Phi) is 8.55. The Labute approximate surface area is 147 Å². The normalized spacial score (nSPS) is 11.4. The molecule has 0 bridgehead atoms. The molecule has 2 N–H and O–H groups in total. The fraction of sp³-hybridized carbons (Fsp3) is 0.462. The van der Waals surface area contributed by atoms with Gasteiger partial charge in [0.05, 0.1) is 4.90 Å². The summed E-state index contributed by atoms with van der Waals surface area (Å²) in [6.45, 7) is 1.12. The van der Waals surface area contributed by atoms with Gasteiger partial charge in [-0.15, -0.1) is 0 Å². The molecule has 0 fully saturated rings. The molecule has 1 amide bonds. The Balaban J connectivity index is 2.46. The number of methoxy groups -OCH3 is 1. The van der Waals surface area contributed by atoms with Gasteiger partial charge < -0.3 is 10.1 Å². The summed E-state index contributed by atoms with van der Waals surface area (Å²) in [7, 11) is -2.07. The Bertz CT molecular complexity index is 608. The SMILES string of the molecule is COCCCNC(=O)CCNS(=O)(=O)c1cc(Br)ccc1Br. The van der Waals surface area contributed by atoms with E-state index in [9.17, 15) is 13.2 Å². The van der Waals surface area contributed by atoms with Crippen molar-refractivity contribution in [3.63, 3.8) is 0 Å². The first kappa shape index (κ1) is 19.6. The van der Waals surface area contributed by atoms with Crippen molar-refractivity contribution >= 4 is 47.8 Å². The average molecular weight is 458 g/mol. The Morgan fingerprint density at radius 3 is 2.68 bits per heavy atom. The number of ether oxygens (including phenoxy) is 1. The van der Waals surface area contributed by atoms with Gasteiger partial charge in [0.25, 0.3) is 0 Å². The zero-order valence-electron chi connectivity index (χ0n) is 12.1. The molecule has 0 aliphatic rings. The van der Waals surface area contributed by atoms with Crippen LogP contribution in [0.25, 0.3) is 0 Å². The summed E-state index contributed by atoms with van der Waals surface area (Å²) in [5, 5.41) is 2.69. The van der Waals surface area contributed by atoms with Crippen molar-refractivity contribution in [1.82, 2.24) is 10.0 Å². The van der Waals surface area contributed by atoms with Crippen LogP contribution in [0.2, 0.25) is 0 Å². The Morgan fingerprint density at radius 2 is 2.00 bits per heavy atom. The van der Waals surface area contributed by atoms with Crippen molar-refractivity contribution in [2.24, 2.45) is 0 Å². The number of amides is 1. The van der Waals surface area contributed by atoms with Crippen LogP contribution in [0.1, 0.15) is 12.8 Å². The highest BCUT2D eigenvalue weighted by Gasteiger charge is 2.17. The molecule has 124 valence electrons. The van der Waals surface area contributed by atoms with Crippen LogP contribution >= 0.6 is 31.9 Å². The first-order valence-electron chi connectivity index (χ1n) is 6.57. The number of carbonyl (C=O) groups excluding carboxylic acids is 1. The standard InChI is InChI=1S/C13H18Br2N2O4S/c1-21-8-2-6-16-13(18)5-7-17-22(19,20)12-9-10(14)3-4-11(12)15/h3-4,9,17H,2,5-8H2,1H3,(H,16,18). The third-order valence-electron chi connectivity index (χ3n) is 2.67. The second kappa shape index (κ2) is 9.61. The van der Waals surface area contributed by atoms with Crippen molar-refractivity contribution in [2.75, 3.05) is 26.8 Å². The van der Waals surface area contributed by atoms with Crippen LogP contribution in [0.5, 0.6) is 0 Å². The molecule has 1 aromatic carbocycles. The molecule has 0 atom stereocenters. The minimum Gasteiger partial charge on any atom is -0.385 e. The van der Waals surface area contributed by atoms with E-state index in [-0.39, 0.29) is 23.8 Å². The van der Waals surface area contributed by atoms with Crippen LogP contribution in [-0.4, -0.2) is 41.1 Å². The zero-order chi connectivity index (χ0) is 16.6. The van der Waals surface area contributed by atoms with Crippen molar-refractivity contribution in [1.29, 1.82) is 0 Å². The van der Waals surface area contributed by atoms with Crippen LogP contribution in [0.3, 0.4) is 0 Å². The number of hydrogen-bond acceptors (Lipinski definition) is 4. The number of halogens is 2. The predicted octanol–water partition coefficient (Wildman–Crippen LogP) is 2.03. The van der Waals surface area contributed by atoms with E-state index in [4.69, 9.17) is 4.74 Å². The van der Waals surface area contributed by atoms with Gasteiger partial charge in [0.1, 0.15) is 0 Å². The van der Waals surface area contributed by atoms with Crippen molar-refractivity contribution in [3.8, 4) is 0 Å². The number of carbonyl (C=O) groups is 1. The van der Waals surface area contributed by atoms with Gasteiger partial charge >= 0.3 is 0 Å². The van der Waals surface area contributed by atoms with Gasteiger partial charge in [0, 0.05) is 42.2 Å². The molecule has 0 aliphatic heterocycles. The summed E-state index contributed by atoms with van der Waals surface area (Å²) in [5.41, 5.74) is 0. The maximum atomic E-state index is 12.2. The molecular weight excluding hydrogens is 440 g/mol. The average Bonchev–Trinajstić information content (AvgIpc) is 2.46. The second-order valence-corrected chi connectivity index (χ2v) is 7.92. The van der Waals surface area contributed by atoms with Crippen LogP contribution in [0.15, 0.2) is 32.0 Å². The van der Waals surface area contributed by atoms with Gasteiger partial charge in [-0.05, 0) is 40.5 Å². The summed E-state index contributed by atoms with van der Waals surface area (Å²) in [4.78, 5) is 11.7. The van der Waals surface area contributed by atoms with E-state index in [1.165, 1.54) is 6.07 Å². The minimum atomic E-state index is -3.67. The monoisotopic (exact) mass is 456 g/mol. The summed E-state index contributed by atoms with van der Waals surface area (Å²) in [5.74, 6) is -0.202. The van der Waals surface area contributed by atoms with Crippen molar-refractivity contribution in [3.05, 3.63) is 27.1 Å². The van der Waals surface area contributed by atoms with Crippen LogP contribution in [0.4, 0.5) is 0 Å². The molecular formula is C13H18Br2N2O4S. The van der Waals surface area contributed by atoms with E-state index < -0.39 is 10.0 Å². The lowest BCUT2D eigenvalue weighted by atomic mass is 10.4. The highest BCUT2D eigenvalue weighted by atomic mass is 79.9. The Morgan fingerprint density at radius 1 is 1.27 bits per heavy atom. The summed E-state index contributed by atoms with van der Waals surface area (Å²) >= 11 is 6.44. The molecule has 0 heterocycles. The van der Waals surface area contributed by atoms with Crippen molar-refractivity contribution in [2.45, 2.75) is 17.7 Å². The second-order valence-electron chi connectivity index (χ2n) is 4.42. The maximum Gasteiger partial charge on any atom is 0.241 e. The van der Waals surface area contributed by atoms with Crippen LogP contribution in [0, 0.1) is 0 Å². The molecule has 0 saturated carbocycles. The summed E-state index contributed by atoms with van der Waals surface area (Å²) in [6, 6.07) is 4.87. The lowest BCUT2D eigenvalue weighted by Gasteiger charge is -2.09. The third-order valence-corrected chi connectivity index (χ3v) is 5.62. The quantitative estimate of drug-likeness (QED) is 0.555. The number of sulfonamides is 1. The lowest BCUT2D eigenvalue weighted by molar-refractivity contribution is -0.120. The molecule has 6 nitrogen and oxygen atoms in total. The molecule has 0 aliphatic carbocycles. The highest BCUT2D eigenvalue weighted by molar-refractivity contribution is 9.11. The van der Waals surface area contributed by atoms with Crippen molar-refractivity contribution < 1.29 is 17.9 Å². The van der Waals surface area contributed by atoms with Gasteiger partial charge in [-0.1, -0.05) is 15.9 Å². The first-order chi connectivity index (χ1) is 10.4. The Hall–Kier alpha value is -0.480. The number of rotatable bonds is 9. The number of benzene rings is 1. The van der Waals surface area contributed by atoms with Gasteiger partial charge in [-0.25, -0.2) is 13.1 Å². The van der Waals surface area contributed by atoms with Gasteiger partial charge in [-0.2, -0.15) is 0 Å². The molecule has 0 aromatic heterocycles. The van der Waals surface area contributed by atoms with E-state index in [2.05, 4.69) is 41.9 Å². The van der Waals surface area contributed by atoms with Gasteiger partial charge in [0.2, 0.25) is 15.9 Å². The van der Waals surface area contributed by atoms with Crippen LogP contribution < -0.4 is 10.0 Å². The molecule has 0 saturated heterocycles. The first-order valence-corrected chi connectivity index (χ1v) is 9.64. The molecule has 22 heavy (non-hydrogen) atoms. The minimum absolute atomic E-state index is 0.0391. The topological polar surface area (TPSA) is 84.5 Å². The fourth-order valence-electron chi connectivity index (χ4n) is 1.59. The molecule has 9 heteroatoms. The molecule has 0 radical (unpaired) electrons. The smallest absolute Gasteiger partial charge is 0.241 e. The zero-order valence-corrected chi connectivity index (χ0v) is 16.1. The van der Waals surface area contributed by atoms with E-state index in [0.717, 1.165) is 6.42 Å². The summed E-state index contributed by atoms with van der Waals surface area (Å²) < 4.78 is 32.8.